The summed E-state index contributed by atoms with van der Waals surface area (Å²) in [5.41, 5.74) is 0. The van der Waals surface area contributed by atoms with Crippen LogP contribution in [0.4, 0.5) is 0 Å². The molecule has 0 aliphatic rings. The topological polar surface area (TPSA) is 143 Å². The van der Waals surface area contributed by atoms with E-state index < -0.39 is 10.5 Å². The molecule has 0 heterocycles. The van der Waals surface area contributed by atoms with Gasteiger partial charge in [0.1, 0.15) is 0 Å². The Morgan fingerprint density at radius 1 is 0.438 bits per heavy atom. The predicted molar refractivity (Wildman–Crippen MR) is 33.7 cm³/mol. The van der Waals surface area contributed by atoms with E-state index in [1.54, 1.807) is 0 Å². The Labute approximate surface area is 269 Å². The quantitative estimate of drug-likeness (QED) is 0.266. The van der Waals surface area contributed by atoms with Gasteiger partial charge in [-0.25, -0.2) is 0 Å². The van der Waals surface area contributed by atoms with Crippen molar-refractivity contribution in [2.75, 3.05) is 0 Å². The van der Waals surface area contributed by atoms with Crippen LogP contribution in [0.3, 0.4) is 0 Å². The fraction of sp³-hybridized carbons (Fsp3) is 0. The second-order valence-electron chi connectivity index (χ2n) is 1.70. The van der Waals surface area contributed by atoms with Crippen molar-refractivity contribution in [1.82, 2.24) is 0 Å². The largest absolute Gasteiger partial charge is 1.00 e. The minimum Gasteiger partial charge on any atom is 1.00 e. The standard InChI is InChI=1S/6CN.Co.3Cs/c6*1-2;;;;/q;;;;;;-3;3*+1. The van der Waals surface area contributed by atoms with Gasteiger partial charge in [0.15, 0.2) is 0 Å². The van der Waals surface area contributed by atoms with Crippen LogP contribution in [0.25, 0.3) is 0 Å². The van der Waals surface area contributed by atoms with E-state index in [9.17, 15) is 0 Å². The first-order chi connectivity index (χ1) is 5.97. The summed E-state index contributed by atoms with van der Waals surface area (Å²) < 4.78 is 0. The molecule has 0 unspecified atom stereocenters. The summed E-state index contributed by atoms with van der Waals surface area (Å²) in [6.45, 7) is 0. The van der Waals surface area contributed by atoms with Crippen LogP contribution in [0.2, 0.25) is 0 Å². The van der Waals surface area contributed by atoms with E-state index in [1.807, 2.05) is 0 Å². The first-order valence-corrected chi connectivity index (χ1v) is 5.46. The molecule has 0 aromatic carbocycles. The second kappa shape index (κ2) is 9.52. The van der Waals surface area contributed by atoms with E-state index in [2.05, 4.69) is 0 Å². The van der Waals surface area contributed by atoms with Crippen LogP contribution < -0.4 is 207 Å². The van der Waals surface area contributed by atoms with Crippen LogP contribution in [-0.4, -0.2) is 0 Å². The Kier molecular flexibility index (Phi) is 16.6. The maximum atomic E-state index is 8.58. The summed E-state index contributed by atoms with van der Waals surface area (Å²) >= 11 is 0. The third-order valence-electron chi connectivity index (χ3n) is 1.12. The van der Waals surface area contributed by atoms with Crippen molar-refractivity contribution in [1.29, 1.82) is 31.6 Å². The predicted octanol–water partition coefficient (Wildman–Crippen LogP) is -8.89. The minimum absolute atomic E-state index is 0. The molecule has 0 fully saturated rings. The molecule has 0 radical (unpaired) electrons. The Bertz CT molecular complexity index is 398. The maximum Gasteiger partial charge on any atom is 1.00 e. The number of rotatable bonds is 0. The molecule has 6 nitrogen and oxygen atoms in total. The minimum atomic E-state index is -6.03. The summed E-state index contributed by atoms with van der Waals surface area (Å²) in [5, 5.41) is 57.6. The van der Waals surface area contributed by atoms with Gasteiger partial charge in [-0.3, -0.25) is 0 Å². The van der Waals surface area contributed by atoms with Crippen molar-refractivity contribution in [3.8, 4) is 30.0 Å². The van der Waals surface area contributed by atoms with E-state index in [-0.39, 0.29) is 207 Å². The Balaban J connectivity index is -0.000000240. The Morgan fingerprint density at radius 2 is 0.562 bits per heavy atom. The molecule has 0 N–H and O–H groups in total. The van der Waals surface area contributed by atoms with Gasteiger partial charge < -0.3 is 0 Å². The van der Waals surface area contributed by atoms with Crippen LogP contribution in [0.5, 0.6) is 0 Å². The van der Waals surface area contributed by atoms with Crippen molar-refractivity contribution in [2.45, 2.75) is 0 Å². The van der Waals surface area contributed by atoms with Crippen molar-refractivity contribution >= 4 is 0 Å². The first kappa shape index (κ1) is 27.9. The molecule has 0 saturated heterocycles. The molecule has 0 spiro atoms. The molecular formula is C6CoCs3N6. The summed E-state index contributed by atoms with van der Waals surface area (Å²) in [4.78, 5) is 0. The van der Waals surface area contributed by atoms with Crippen LogP contribution in [0.1, 0.15) is 0 Å². The SMILES string of the molecule is N#[C][Co-3]([C]#N)([C]#N)([C]#N)([C]#N)[C]#N.[Cs+].[Cs+].[Cs+]. The van der Waals surface area contributed by atoms with E-state index in [4.69, 9.17) is 31.6 Å². The Hall–Kier alpha value is 3.60. The van der Waals surface area contributed by atoms with Gasteiger partial charge in [0.25, 0.3) is 0 Å². The zero-order valence-corrected chi connectivity index (χ0v) is 28.9. The van der Waals surface area contributed by atoms with Crippen molar-refractivity contribution < 1.29 is 217 Å². The molecule has 0 aromatic heterocycles. The van der Waals surface area contributed by atoms with Crippen LogP contribution in [0, 0.1) is 61.6 Å². The van der Waals surface area contributed by atoms with Crippen LogP contribution in [0.15, 0.2) is 0 Å². The number of hydrogen-bond donors (Lipinski definition) is 0. The Morgan fingerprint density at radius 3 is 0.562 bits per heavy atom. The van der Waals surface area contributed by atoms with Gasteiger partial charge in [0.05, 0.1) is 0 Å². The number of hydrogen-bond acceptors (Lipinski definition) is 6. The van der Waals surface area contributed by atoms with Gasteiger partial charge in [-0.1, -0.05) is 0 Å². The normalized spacial score (nSPS) is 10.9. The molecule has 0 amide bonds. The molecule has 0 aliphatic carbocycles. The number of nitriles is 6. The fourth-order valence-corrected chi connectivity index (χ4v) is 1.03. The molecule has 0 saturated carbocycles. The monoisotopic (exact) mass is 614 g/mol. The van der Waals surface area contributed by atoms with Crippen molar-refractivity contribution in [3.05, 3.63) is 0 Å². The van der Waals surface area contributed by atoms with E-state index >= 15 is 0 Å². The average molecular weight is 614 g/mol. The van der Waals surface area contributed by atoms with E-state index in [0.717, 1.165) is 30.0 Å². The van der Waals surface area contributed by atoms with Gasteiger partial charge in [-0.15, -0.1) is 0 Å². The molecule has 10 heteroatoms. The van der Waals surface area contributed by atoms with Gasteiger partial charge in [-0.2, -0.15) is 0 Å². The zero-order chi connectivity index (χ0) is 10.7. The summed E-state index contributed by atoms with van der Waals surface area (Å²) in [6.07, 6.45) is 0. The molecule has 16 heavy (non-hydrogen) atoms. The smallest absolute Gasteiger partial charge is 1.00 e. The van der Waals surface area contributed by atoms with Gasteiger partial charge in [0.2, 0.25) is 0 Å². The fourth-order valence-electron chi connectivity index (χ4n) is 0.250. The van der Waals surface area contributed by atoms with Crippen molar-refractivity contribution in [3.63, 3.8) is 0 Å². The van der Waals surface area contributed by atoms with E-state index in [0.29, 0.717) is 0 Å². The second-order valence-corrected chi connectivity index (χ2v) is 7.00. The number of nitrogens with zero attached hydrogens (tertiary/aromatic N) is 6. The molecule has 0 rings (SSSR count). The third-order valence-corrected chi connectivity index (χ3v) is 4.61. The third kappa shape index (κ3) is 4.30. The zero-order valence-electron chi connectivity index (χ0n) is 9.02. The molecule has 0 bridgehead atoms. The van der Waals surface area contributed by atoms with Gasteiger partial charge >= 0.3 is 279 Å². The van der Waals surface area contributed by atoms with Gasteiger partial charge in [0, 0.05) is 0 Å². The summed E-state index contributed by atoms with van der Waals surface area (Å²) in [6, 6.07) is 0. The van der Waals surface area contributed by atoms with Crippen molar-refractivity contribution in [2.24, 2.45) is 0 Å². The summed E-state index contributed by atoms with van der Waals surface area (Å²) in [5.74, 6) is 0. The molecule has 66 valence electrons. The van der Waals surface area contributed by atoms with Gasteiger partial charge in [-0.05, 0) is 0 Å². The molecule has 0 aliphatic heterocycles. The maximum absolute atomic E-state index is 8.58. The van der Waals surface area contributed by atoms with E-state index in [1.165, 1.54) is 0 Å². The molecular weight excluding hydrogens is 614 g/mol. The van der Waals surface area contributed by atoms with Crippen LogP contribution in [-0.2, 0) is 10.5 Å². The first-order valence-electron chi connectivity index (χ1n) is 2.34. The molecule has 0 aromatic rings. The average Bonchev–Trinajstić information content (AvgIpc) is 2.26. The van der Waals surface area contributed by atoms with Crippen LogP contribution >= 0.6 is 0 Å². The summed E-state index contributed by atoms with van der Waals surface area (Å²) in [7, 11) is -6.03. The molecule has 0 atom stereocenters.